The topological polar surface area (TPSA) is 52.6 Å². The van der Waals surface area contributed by atoms with Crippen LogP contribution in [-0.4, -0.2) is 49.2 Å². The SMILES string of the molecule is CN(C)CC(O)CNC(=O)c1ccc(Cl)cc1Cl. The molecule has 0 aliphatic heterocycles. The molecule has 0 spiro atoms. The first-order valence-corrected chi connectivity index (χ1v) is 6.21. The zero-order valence-corrected chi connectivity index (χ0v) is 11.8. The zero-order valence-electron chi connectivity index (χ0n) is 10.3. The number of nitrogens with one attached hydrogen (secondary N) is 1. The fraction of sp³-hybridized carbons (Fsp3) is 0.417. The van der Waals surface area contributed by atoms with E-state index in [-0.39, 0.29) is 12.5 Å². The number of likely N-dealkylation sites (N-methyl/N-ethyl adjacent to an activating group) is 1. The van der Waals surface area contributed by atoms with E-state index in [1.54, 1.807) is 12.1 Å². The van der Waals surface area contributed by atoms with Gasteiger partial charge in [-0.05, 0) is 32.3 Å². The van der Waals surface area contributed by atoms with Crippen LogP contribution in [0, 0.1) is 0 Å². The Kier molecular flexibility index (Phi) is 5.88. The van der Waals surface area contributed by atoms with Gasteiger partial charge >= 0.3 is 0 Å². The highest BCUT2D eigenvalue weighted by Crippen LogP contribution is 2.20. The molecule has 0 fully saturated rings. The monoisotopic (exact) mass is 290 g/mol. The van der Waals surface area contributed by atoms with Gasteiger partial charge in [0.05, 0.1) is 16.7 Å². The number of aliphatic hydroxyl groups excluding tert-OH is 1. The van der Waals surface area contributed by atoms with Crippen LogP contribution in [0.3, 0.4) is 0 Å². The number of nitrogens with zero attached hydrogens (tertiary/aromatic N) is 1. The summed E-state index contributed by atoms with van der Waals surface area (Å²) < 4.78 is 0. The van der Waals surface area contributed by atoms with Gasteiger partial charge in [0.1, 0.15) is 0 Å². The Hall–Kier alpha value is -0.810. The van der Waals surface area contributed by atoms with E-state index in [0.29, 0.717) is 22.2 Å². The van der Waals surface area contributed by atoms with Gasteiger partial charge in [0.25, 0.3) is 5.91 Å². The van der Waals surface area contributed by atoms with E-state index in [9.17, 15) is 9.90 Å². The van der Waals surface area contributed by atoms with E-state index in [1.165, 1.54) is 6.07 Å². The maximum atomic E-state index is 11.8. The molecule has 0 radical (unpaired) electrons. The third-order valence-corrected chi connectivity index (χ3v) is 2.80. The van der Waals surface area contributed by atoms with E-state index in [0.717, 1.165) is 0 Å². The van der Waals surface area contributed by atoms with Crippen molar-refractivity contribution >= 4 is 29.1 Å². The Morgan fingerprint density at radius 2 is 2.11 bits per heavy atom. The molecule has 0 aliphatic rings. The third kappa shape index (κ3) is 4.82. The van der Waals surface area contributed by atoms with Crippen LogP contribution in [0.4, 0.5) is 0 Å². The molecule has 0 aliphatic carbocycles. The minimum Gasteiger partial charge on any atom is -0.390 e. The van der Waals surface area contributed by atoms with Crippen LogP contribution >= 0.6 is 23.2 Å². The number of rotatable bonds is 5. The summed E-state index contributed by atoms with van der Waals surface area (Å²) >= 11 is 11.7. The smallest absolute Gasteiger partial charge is 0.252 e. The minimum absolute atomic E-state index is 0.177. The first kappa shape index (κ1) is 15.2. The molecule has 1 aromatic rings. The molecule has 6 heteroatoms. The lowest BCUT2D eigenvalue weighted by atomic mass is 10.2. The number of carbonyl (C=O) groups is 1. The molecule has 100 valence electrons. The van der Waals surface area contributed by atoms with Gasteiger partial charge in [-0.1, -0.05) is 23.2 Å². The van der Waals surface area contributed by atoms with Gasteiger partial charge in [0.15, 0.2) is 0 Å². The average molecular weight is 291 g/mol. The number of carbonyl (C=O) groups excluding carboxylic acids is 1. The second-order valence-corrected chi connectivity index (χ2v) is 5.09. The van der Waals surface area contributed by atoms with Crippen molar-refractivity contribution in [2.75, 3.05) is 27.2 Å². The first-order valence-electron chi connectivity index (χ1n) is 5.46. The molecule has 4 nitrogen and oxygen atoms in total. The van der Waals surface area contributed by atoms with Gasteiger partial charge in [-0.25, -0.2) is 0 Å². The Morgan fingerprint density at radius 3 is 2.67 bits per heavy atom. The van der Waals surface area contributed by atoms with Crippen LogP contribution in [0.2, 0.25) is 10.0 Å². The quantitative estimate of drug-likeness (QED) is 0.867. The van der Waals surface area contributed by atoms with Gasteiger partial charge in [-0.15, -0.1) is 0 Å². The Morgan fingerprint density at radius 1 is 1.44 bits per heavy atom. The van der Waals surface area contributed by atoms with Gasteiger partial charge in [-0.2, -0.15) is 0 Å². The summed E-state index contributed by atoms with van der Waals surface area (Å²) in [4.78, 5) is 13.6. The maximum absolute atomic E-state index is 11.8. The van der Waals surface area contributed by atoms with Crippen LogP contribution in [0.1, 0.15) is 10.4 Å². The van der Waals surface area contributed by atoms with Gasteiger partial charge in [-0.3, -0.25) is 4.79 Å². The third-order valence-electron chi connectivity index (χ3n) is 2.25. The van der Waals surface area contributed by atoms with Crippen molar-refractivity contribution in [1.29, 1.82) is 0 Å². The number of amides is 1. The summed E-state index contributed by atoms with van der Waals surface area (Å²) in [6.45, 7) is 0.657. The highest BCUT2D eigenvalue weighted by Gasteiger charge is 2.12. The summed E-state index contributed by atoms with van der Waals surface area (Å²) in [6.07, 6.45) is -0.616. The number of aliphatic hydroxyl groups is 1. The number of hydrogen-bond donors (Lipinski definition) is 2. The predicted molar refractivity (Wildman–Crippen MR) is 73.4 cm³/mol. The van der Waals surface area contributed by atoms with Gasteiger partial charge < -0.3 is 15.3 Å². The second kappa shape index (κ2) is 6.95. The van der Waals surface area contributed by atoms with Crippen LogP contribution in [0.15, 0.2) is 18.2 Å². The lowest BCUT2D eigenvalue weighted by molar-refractivity contribution is 0.0892. The fourth-order valence-corrected chi connectivity index (χ4v) is 1.96. The molecule has 1 atom stereocenters. The lowest BCUT2D eigenvalue weighted by Crippen LogP contribution is -2.37. The highest BCUT2D eigenvalue weighted by molar-refractivity contribution is 6.36. The van der Waals surface area contributed by atoms with Crippen molar-refractivity contribution in [2.45, 2.75) is 6.10 Å². The molecule has 0 bridgehead atoms. The van der Waals surface area contributed by atoms with Crippen molar-refractivity contribution < 1.29 is 9.90 Å². The Balaban J connectivity index is 2.55. The molecule has 0 aromatic heterocycles. The molecule has 1 unspecified atom stereocenters. The van der Waals surface area contributed by atoms with E-state index in [1.807, 2.05) is 19.0 Å². The molecule has 1 rings (SSSR count). The highest BCUT2D eigenvalue weighted by atomic mass is 35.5. The van der Waals surface area contributed by atoms with E-state index in [2.05, 4.69) is 5.32 Å². The standard InChI is InChI=1S/C12H16Cl2N2O2/c1-16(2)7-9(17)6-15-12(18)10-4-3-8(13)5-11(10)14/h3-5,9,17H,6-7H2,1-2H3,(H,15,18). The first-order chi connectivity index (χ1) is 8.40. The summed E-state index contributed by atoms with van der Waals surface area (Å²) in [7, 11) is 3.70. The molecule has 0 heterocycles. The van der Waals surface area contributed by atoms with Crippen LogP contribution in [0.5, 0.6) is 0 Å². The average Bonchev–Trinajstić information content (AvgIpc) is 2.25. The summed E-state index contributed by atoms with van der Waals surface area (Å²) in [5.74, 6) is -0.325. The number of benzene rings is 1. The van der Waals surface area contributed by atoms with Crippen molar-refractivity contribution in [1.82, 2.24) is 10.2 Å². The molecular formula is C12H16Cl2N2O2. The molecule has 18 heavy (non-hydrogen) atoms. The molecule has 0 saturated carbocycles. The summed E-state index contributed by atoms with van der Waals surface area (Å²) in [6, 6.07) is 4.66. The fourth-order valence-electron chi connectivity index (χ4n) is 1.47. The maximum Gasteiger partial charge on any atom is 0.252 e. The zero-order chi connectivity index (χ0) is 13.7. The molecule has 2 N–H and O–H groups in total. The molecule has 1 amide bonds. The Bertz CT molecular complexity index is 425. The Labute approximate surface area is 116 Å². The van der Waals surface area contributed by atoms with Crippen LogP contribution in [0.25, 0.3) is 0 Å². The van der Waals surface area contributed by atoms with E-state index >= 15 is 0 Å². The van der Waals surface area contributed by atoms with E-state index in [4.69, 9.17) is 23.2 Å². The molecule has 1 aromatic carbocycles. The van der Waals surface area contributed by atoms with Crippen molar-refractivity contribution in [3.63, 3.8) is 0 Å². The number of halogens is 2. The normalized spacial score (nSPS) is 12.6. The summed E-state index contributed by atoms with van der Waals surface area (Å²) in [5.41, 5.74) is 0.345. The molecule has 0 saturated heterocycles. The second-order valence-electron chi connectivity index (χ2n) is 4.25. The summed E-state index contributed by atoms with van der Waals surface area (Å²) in [5, 5.41) is 13.0. The van der Waals surface area contributed by atoms with Gasteiger partial charge in [0.2, 0.25) is 0 Å². The lowest BCUT2D eigenvalue weighted by Gasteiger charge is -2.16. The van der Waals surface area contributed by atoms with E-state index < -0.39 is 6.10 Å². The van der Waals surface area contributed by atoms with Gasteiger partial charge in [0, 0.05) is 18.1 Å². The van der Waals surface area contributed by atoms with Crippen LogP contribution < -0.4 is 5.32 Å². The van der Waals surface area contributed by atoms with Crippen molar-refractivity contribution in [3.05, 3.63) is 33.8 Å². The molecular weight excluding hydrogens is 275 g/mol. The minimum atomic E-state index is -0.616. The van der Waals surface area contributed by atoms with Crippen molar-refractivity contribution in [3.8, 4) is 0 Å². The largest absolute Gasteiger partial charge is 0.390 e. The van der Waals surface area contributed by atoms with Crippen molar-refractivity contribution in [2.24, 2.45) is 0 Å². The van der Waals surface area contributed by atoms with Crippen LogP contribution in [-0.2, 0) is 0 Å². The number of hydrogen-bond acceptors (Lipinski definition) is 3. The predicted octanol–water partition coefficient (Wildman–Crippen LogP) is 1.65.